The number of thioether (sulfide) groups is 1. The van der Waals surface area contributed by atoms with Crippen LogP contribution in [0.1, 0.15) is 34.1 Å². The Hall–Kier alpha value is -2.24. The van der Waals surface area contributed by atoms with Gasteiger partial charge in [-0.25, -0.2) is 14.6 Å². The lowest BCUT2D eigenvalue weighted by Gasteiger charge is -2.19. The van der Waals surface area contributed by atoms with Crippen LogP contribution in [0, 0.1) is 0 Å². The van der Waals surface area contributed by atoms with Gasteiger partial charge in [-0.1, -0.05) is 31.4 Å². The second kappa shape index (κ2) is 13.9. The molecule has 0 saturated heterocycles. The number of fused-ring (bicyclic) bond motifs is 1. The smallest absolute Gasteiger partial charge is 0.407 e. The van der Waals surface area contributed by atoms with Crippen LogP contribution in [0.15, 0.2) is 23.4 Å². The fourth-order valence-electron chi connectivity index (χ4n) is 3.03. The highest BCUT2D eigenvalue weighted by molar-refractivity contribution is 7.99. The highest BCUT2D eigenvalue weighted by Crippen LogP contribution is 2.28. The maximum absolute atomic E-state index is 11.8. The van der Waals surface area contributed by atoms with Crippen LogP contribution in [0.25, 0.3) is 11.0 Å². The van der Waals surface area contributed by atoms with Gasteiger partial charge in [0.1, 0.15) is 18.1 Å². The molecule has 0 unspecified atom stereocenters. The van der Waals surface area contributed by atoms with Crippen molar-refractivity contribution in [3.8, 4) is 5.75 Å². The van der Waals surface area contributed by atoms with Gasteiger partial charge in [-0.2, -0.15) is 0 Å². The van der Waals surface area contributed by atoms with Gasteiger partial charge < -0.3 is 24.3 Å². The Balaban J connectivity index is 2.03. The summed E-state index contributed by atoms with van der Waals surface area (Å²) in [4.78, 5) is 28.2. The number of nitrogens with one attached hydrogen (secondary N) is 1. The highest BCUT2D eigenvalue weighted by atomic mass is 32.2. The molecule has 2 rings (SSSR count). The van der Waals surface area contributed by atoms with Gasteiger partial charge in [0.25, 0.3) is 0 Å². The number of amides is 1. The molecule has 1 aromatic carbocycles. The zero-order valence-electron chi connectivity index (χ0n) is 22.6. The molecular formula is C25H41N3O6SSi. The van der Waals surface area contributed by atoms with Gasteiger partial charge >= 0.3 is 12.1 Å². The number of esters is 1. The molecule has 0 bridgehead atoms. The van der Waals surface area contributed by atoms with E-state index in [1.807, 2.05) is 39.0 Å². The largest absolute Gasteiger partial charge is 0.482 e. The van der Waals surface area contributed by atoms with Gasteiger partial charge in [0.05, 0.1) is 17.6 Å². The number of alkyl carbamates (subject to hydrolysis) is 1. The van der Waals surface area contributed by atoms with Crippen LogP contribution in [-0.2, 0) is 25.7 Å². The summed E-state index contributed by atoms with van der Waals surface area (Å²) >= 11 is 1.61. The van der Waals surface area contributed by atoms with Crippen LogP contribution in [0.3, 0.4) is 0 Å². The Kier molecular flexibility index (Phi) is 11.6. The quantitative estimate of drug-likeness (QED) is 0.149. The van der Waals surface area contributed by atoms with Crippen molar-refractivity contribution in [2.75, 3.05) is 32.1 Å². The molecule has 9 nitrogen and oxygen atoms in total. The van der Waals surface area contributed by atoms with Crippen molar-refractivity contribution >= 4 is 42.9 Å². The lowest BCUT2D eigenvalue weighted by Crippen LogP contribution is -2.33. The minimum Gasteiger partial charge on any atom is -0.482 e. The minimum atomic E-state index is -1.19. The summed E-state index contributed by atoms with van der Waals surface area (Å²) in [5, 5.41) is 3.62. The third-order valence-electron chi connectivity index (χ3n) is 4.78. The van der Waals surface area contributed by atoms with Gasteiger partial charge in [0, 0.05) is 33.0 Å². The molecule has 11 heteroatoms. The van der Waals surface area contributed by atoms with Gasteiger partial charge in [-0.05, 0) is 52.3 Å². The molecule has 202 valence electrons. The van der Waals surface area contributed by atoms with Gasteiger partial charge in [-0.15, -0.1) is 0 Å². The number of ether oxygens (including phenoxy) is 4. The number of hydrogen-bond acceptors (Lipinski definition) is 8. The third-order valence-corrected chi connectivity index (χ3v) is 7.55. The Morgan fingerprint density at radius 3 is 2.61 bits per heavy atom. The maximum atomic E-state index is 11.8. The lowest BCUT2D eigenvalue weighted by atomic mass is 10.2. The number of rotatable bonds is 14. The van der Waals surface area contributed by atoms with Crippen molar-refractivity contribution in [2.24, 2.45) is 0 Å². The molecule has 0 aliphatic carbocycles. The molecule has 1 aromatic heterocycles. The number of aromatic nitrogens is 2. The average Bonchev–Trinajstić information content (AvgIpc) is 3.10. The normalized spacial score (nSPS) is 12.0. The van der Waals surface area contributed by atoms with Crippen LogP contribution in [0.2, 0.25) is 25.7 Å². The molecule has 0 spiro atoms. The molecule has 1 N–H and O–H groups in total. The maximum Gasteiger partial charge on any atom is 0.407 e. The fourth-order valence-corrected chi connectivity index (χ4v) is 4.73. The van der Waals surface area contributed by atoms with Crippen LogP contribution < -0.4 is 10.1 Å². The zero-order valence-corrected chi connectivity index (χ0v) is 24.5. The molecule has 36 heavy (non-hydrogen) atoms. The first kappa shape index (κ1) is 30.0. The van der Waals surface area contributed by atoms with Crippen molar-refractivity contribution < 1.29 is 28.5 Å². The SMILES string of the molecule is CCOC(=O)COc1ccc2c(c1)nc(SCCCNC(=O)OC(C)(C)C)n2COCC[Si](C)(C)C. The van der Waals surface area contributed by atoms with Gasteiger partial charge in [0.15, 0.2) is 11.8 Å². The molecule has 0 saturated carbocycles. The fraction of sp³-hybridized carbons (Fsp3) is 0.640. The number of hydrogen-bond donors (Lipinski definition) is 1. The third kappa shape index (κ3) is 11.2. The van der Waals surface area contributed by atoms with Crippen molar-refractivity contribution in [3.05, 3.63) is 18.2 Å². The number of carbonyl (C=O) groups excluding carboxylic acids is 2. The van der Waals surface area contributed by atoms with Crippen molar-refractivity contribution in [3.63, 3.8) is 0 Å². The van der Waals surface area contributed by atoms with Crippen LogP contribution in [0.4, 0.5) is 4.79 Å². The van der Waals surface area contributed by atoms with E-state index in [0.717, 1.165) is 34.4 Å². The van der Waals surface area contributed by atoms with E-state index in [1.54, 1.807) is 18.7 Å². The van der Waals surface area contributed by atoms with E-state index >= 15 is 0 Å². The molecule has 0 atom stereocenters. The van der Waals surface area contributed by atoms with E-state index in [9.17, 15) is 9.59 Å². The van der Waals surface area contributed by atoms with E-state index < -0.39 is 25.7 Å². The van der Waals surface area contributed by atoms with E-state index in [1.165, 1.54) is 0 Å². The van der Waals surface area contributed by atoms with Crippen molar-refractivity contribution in [1.82, 2.24) is 14.9 Å². The first-order chi connectivity index (χ1) is 16.9. The predicted octanol–water partition coefficient (Wildman–Crippen LogP) is 5.30. The van der Waals surface area contributed by atoms with Crippen molar-refractivity contribution in [1.29, 1.82) is 0 Å². The Labute approximate surface area is 219 Å². The first-order valence-electron chi connectivity index (χ1n) is 12.3. The van der Waals surface area contributed by atoms with Crippen LogP contribution in [0.5, 0.6) is 5.75 Å². The number of imidazole rings is 1. The molecule has 0 aliphatic heterocycles. The topological polar surface area (TPSA) is 101 Å². The average molecular weight is 540 g/mol. The second-order valence-corrected chi connectivity index (χ2v) is 17.2. The number of nitrogens with zero attached hydrogens (tertiary/aromatic N) is 2. The molecular weight excluding hydrogens is 498 g/mol. The summed E-state index contributed by atoms with van der Waals surface area (Å²) in [6.07, 6.45) is 0.350. The van der Waals surface area contributed by atoms with Crippen LogP contribution >= 0.6 is 11.8 Å². The Morgan fingerprint density at radius 1 is 1.19 bits per heavy atom. The Bertz CT molecular complexity index is 1000. The summed E-state index contributed by atoms with van der Waals surface area (Å²) in [6, 6.07) is 6.66. The molecule has 0 fully saturated rings. The molecule has 2 aromatic rings. The van der Waals surface area contributed by atoms with E-state index in [2.05, 4.69) is 29.5 Å². The summed E-state index contributed by atoms with van der Waals surface area (Å²) in [5.74, 6) is 0.911. The monoisotopic (exact) mass is 539 g/mol. The zero-order chi connectivity index (χ0) is 26.8. The standard InChI is InChI=1S/C25H41N3O6SSi/c1-8-32-22(29)17-33-19-10-11-21-20(16-19)27-23(28(21)18-31-13-15-36(5,6)7)35-14-9-12-26-24(30)34-25(2,3)4/h10-11,16H,8-9,12-15,17-18H2,1-7H3,(H,26,30). The van der Waals surface area contributed by atoms with Gasteiger partial charge in [-0.3, -0.25) is 4.57 Å². The van der Waals surface area contributed by atoms with Crippen molar-refractivity contribution in [2.45, 2.75) is 77.3 Å². The van der Waals surface area contributed by atoms with Gasteiger partial charge in [0.2, 0.25) is 0 Å². The van der Waals surface area contributed by atoms with E-state index in [4.69, 9.17) is 23.9 Å². The summed E-state index contributed by atoms with van der Waals surface area (Å²) in [7, 11) is -1.19. The first-order valence-corrected chi connectivity index (χ1v) is 17.0. The minimum absolute atomic E-state index is 0.147. The Morgan fingerprint density at radius 2 is 1.94 bits per heavy atom. The number of benzene rings is 1. The summed E-state index contributed by atoms with van der Waals surface area (Å²) in [5.41, 5.74) is 1.18. The number of carbonyl (C=O) groups is 2. The highest BCUT2D eigenvalue weighted by Gasteiger charge is 2.17. The molecule has 1 amide bonds. The van der Waals surface area contributed by atoms with E-state index in [-0.39, 0.29) is 6.61 Å². The summed E-state index contributed by atoms with van der Waals surface area (Å²) in [6.45, 7) is 16.1. The second-order valence-electron chi connectivity index (χ2n) is 10.5. The lowest BCUT2D eigenvalue weighted by molar-refractivity contribution is -0.145. The molecule has 0 aliphatic rings. The summed E-state index contributed by atoms with van der Waals surface area (Å²) < 4.78 is 23.8. The van der Waals surface area contributed by atoms with Crippen LogP contribution in [-0.4, -0.2) is 67.4 Å². The molecule has 1 heterocycles. The van der Waals surface area contributed by atoms with E-state index in [0.29, 0.717) is 32.2 Å². The predicted molar refractivity (Wildman–Crippen MR) is 146 cm³/mol. The molecule has 0 radical (unpaired) electrons.